The summed E-state index contributed by atoms with van der Waals surface area (Å²) in [4.78, 5) is 16.1. The van der Waals surface area contributed by atoms with Crippen LogP contribution < -0.4 is 15.4 Å². The highest BCUT2D eigenvalue weighted by atomic mass is 19.1. The van der Waals surface area contributed by atoms with E-state index in [4.69, 9.17) is 4.74 Å². The normalized spacial score (nSPS) is 10.4. The molecule has 23 heavy (non-hydrogen) atoms. The smallest absolute Gasteiger partial charge is 0.319 e. The Hall–Kier alpha value is -2.63. The molecule has 0 aliphatic carbocycles. The first kappa shape index (κ1) is 16.7. The number of urea groups is 1. The van der Waals surface area contributed by atoms with Gasteiger partial charge in [0.2, 0.25) is 5.88 Å². The van der Waals surface area contributed by atoms with Crippen molar-refractivity contribution in [2.24, 2.45) is 0 Å². The number of halogens is 1. The Morgan fingerprint density at radius 2 is 2.04 bits per heavy atom. The summed E-state index contributed by atoms with van der Waals surface area (Å²) in [6, 6.07) is 10.9. The number of anilines is 1. The number of hydrogen-bond donors (Lipinski definition) is 2. The SMILES string of the molecule is CC(C)Oc1cccc(CCNC(=O)Nc2cccc(F)c2)n1. The molecule has 0 spiro atoms. The van der Waals surface area contributed by atoms with Crippen molar-refractivity contribution in [3.05, 3.63) is 54.0 Å². The molecule has 0 atom stereocenters. The maximum atomic E-state index is 13.0. The van der Waals surface area contributed by atoms with Crippen LogP contribution in [0.1, 0.15) is 19.5 Å². The van der Waals surface area contributed by atoms with Crippen LogP contribution in [-0.4, -0.2) is 23.7 Å². The Labute approximate surface area is 134 Å². The molecule has 2 aromatic rings. The van der Waals surface area contributed by atoms with Crippen molar-refractivity contribution in [1.82, 2.24) is 10.3 Å². The molecule has 0 aliphatic rings. The molecule has 6 heteroatoms. The molecule has 1 heterocycles. The van der Waals surface area contributed by atoms with E-state index in [1.165, 1.54) is 18.2 Å². The number of benzene rings is 1. The number of aromatic nitrogens is 1. The lowest BCUT2D eigenvalue weighted by Gasteiger charge is -2.10. The van der Waals surface area contributed by atoms with Gasteiger partial charge in [-0.15, -0.1) is 0 Å². The van der Waals surface area contributed by atoms with E-state index in [1.54, 1.807) is 12.1 Å². The van der Waals surface area contributed by atoms with Gasteiger partial charge in [-0.2, -0.15) is 0 Å². The fourth-order valence-electron chi connectivity index (χ4n) is 1.95. The molecule has 2 rings (SSSR count). The molecular formula is C17H20FN3O2. The first-order valence-corrected chi connectivity index (χ1v) is 7.46. The summed E-state index contributed by atoms with van der Waals surface area (Å²) in [5, 5.41) is 5.28. The van der Waals surface area contributed by atoms with Crippen LogP contribution in [0.3, 0.4) is 0 Å². The summed E-state index contributed by atoms with van der Waals surface area (Å²) < 4.78 is 18.6. The molecule has 0 radical (unpaired) electrons. The summed E-state index contributed by atoms with van der Waals surface area (Å²) >= 11 is 0. The maximum Gasteiger partial charge on any atom is 0.319 e. The van der Waals surface area contributed by atoms with Gasteiger partial charge in [0, 0.05) is 30.4 Å². The van der Waals surface area contributed by atoms with Crippen LogP contribution in [0, 0.1) is 5.82 Å². The van der Waals surface area contributed by atoms with E-state index in [1.807, 2.05) is 26.0 Å². The van der Waals surface area contributed by atoms with Crippen LogP contribution in [0.4, 0.5) is 14.9 Å². The van der Waals surface area contributed by atoms with Crippen LogP contribution in [0.15, 0.2) is 42.5 Å². The summed E-state index contributed by atoms with van der Waals surface area (Å²) in [7, 11) is 0. The standard InChI is InChI=1S/C17H20FN3O2/c1-12(2)23-16-8-4-6-14(20-16)9-10-19-17(22)21-15-7-3-5-13(18)11-15/h3-8,11-12H,9-10H2,1-2H3,(H2,19,21,22). The third kappa shape index (κ3) is 5.94. The van der Waals surface area contributed by atoms with E-state index in [0.717, 1.165) is 5.69 Å². The number of amides is 2. The Bertz CT molecular complexity index is 662. The molecule has 1 aromatic carbocycles. The van der Waals surface area contributed by atoms with Crippen LogP contribution in [0.5, 0.6) is 5.88 Å². The van der Waals surface area contributed by atoms with Gasteiger partial charge in [0.15, 0.2) is 0 Å². The molecule has 0 aliphatic heterocycles. The third-order valence-electron chi connectivity index (χ3n) is 2.89. The summed E-state index contributed by atoms with van der Waals surface area (Å²) in [5.74, 6) is 0.177. The monoisotopic (exact) mass is 317 g/mol. The molecule has 0 saturated heterocycles. The predicted octanol–water partition coefficient (Wildman–Crippen LogP) is 3.37. The van der Waals surface area contributed by atoms with Crippen molar-refractivity contribution in [1.29, 1.82) is 0 Å². The van der Waals surface area contributed by atoms with Gasteiger partial charge >= 0.3 is 6.03 Å². The molecule has 0 fully saturated rings. The predicted molar refractivity (Wildman–Crippen MR) is 87.1 cm³/mol. The number of hydrogen-bond acceptors (Lipinski definition) is 3. The number of carbonyl (C=O) groups excluding carboxylic acids is 1. The Balaban J connectivity index is 1.79. The quantitative estimate of drug-likeness (QED) is 0.858. The zero-order chi connectivity index (χ0) is 16.7. The van der Waals surface area contributed by atoms with E-state index in [0.29, 0.717) is 24.5 Å². The molecule has 0 saturated carbocycles. The first-order valence-electron chi connectivity index (χ1n) is 7.46. The van der Waals surface area contributed by atoms with Gasteiger partial charge in [-0.3, -0.25) is 0 Å². The lowest BCUT2D eigenvalue weighted by atomic mass is 10.2. The minimum Gasteiger partial charge on any atom is -0.475 e. The summed E-state index contributed by atoms with van der Waals surface area (Å²) in [6.07, 6.45) is 0.638. The van der Waals surface area contributed by atoms with Gasteiger partial charge in [0.1, 0.15) is 5.82 Å². The maximum absolute atomic E-state index is 13.0. The largest absolute Gasteiger partial charge is 0.475 e. The van der Waals surface area contributed by atoms with Crippen molar-refractivity contribution in [3.8, 4) is 5.88 Å². The highest BCUT2D eigenvalue weighted by molar-refractivity contribution is 5.89. The van der Waals surface area contributed by atoms with E-state index < -0.39 is 5.82 Å². The highest BCUT2D eigenvalue weighted by Crippen LogP contribution is 2.10. The summed E-state index contributed by atoms with van der Waals surface area (Å²) in [6.45, 7) is 4.29. The molecule has 2 amide bonds. The van der Waals surface area contributed by atoms with Crippen LogP contribution in [-0.2, 0) is 6.42 Å². The van der Waals surface area contributed by atoms with E-state index in [2.05, 4.69) is 15.6 Å². The van der Waals surface area contributed by atoms with Gasteiger partial charge in [-0.25, -0.2) is 14.2 Å². The number of nitrogens with zero attached hydrogens (tertiary/aromatic N) is 1. The zero-order valence-electron chi connectivity index (χ0n) is 13.2. The minimum absolute atomic E-state index is 0.0629. The van der Waals surface area contributed by atoms with Crippen LogP contribution in [0.2, 0.25) is 0 Å². The topological polar surface area (TPSA) is 63.2 Å². The molecule has 0 unspecified atom stereocenters. The number of nitrogens with one attached hydrogen (secondary N) is 2. The Morgan fingerprint density at radius 1 is 1.26 bits per heavy atom. The fourth-order valence-corrected chi connectivity index (χ4v) is 1.95. The van der Waals surface area contributed by atoms with E-state index in [-0.39, 0.29) is 12.1 Å². The Morgan fingerprint density at radius 3 is 2.78 bits per heavy atom. The van der Waals surface area contributed by atoms with E-state index >= 15 is 0 Å². The lowest BCUT2D eigenvalue weighted by molar-refractivity contribution is 0.232. The second-order valence-corrected chi connectivity index (χ2v) is 5.28. The number of rotatable bonds is 6. The van der Waals surface area contributed by atoms with Crippen molar-refractivity contribution in [2.75, 3.05) is 11.9 Å². The van der Waals surface area contributed by atoms with Crippen molar-refractivity contribution in [3.63, 3.8) is 0 Å². The fraction of sp³-hybridized carbons (Fsp3) is 0.294. The van der Waals surface area contributed by atoms with E-state index in [9.17, 15) is 9.18 Å². The van der Waals surface area contributed by atoms with Gasteiger partial charge in [0.05, 0.1) is 6.10 Å². The van der Waals surface area contributed by atoms with Gasteiger partial charge < -0.3 is 15.4 Å². The Kier molecular flexibility index (Phi) is 5.91. The second-order valence-electron chi connectivity index (χ2n) is 5.28. The van der Waals surface area contributed by atoms with Crippen LogP contribution >= 0.6 is 0 Å². The molecule has 0 bridgehead atoms. The molecule has 1 aromatic heterocycles. The average Bonchev–Trinajstić information content (AvgIpc) is 2.47. The number of ether oxygens (including phenoxy) is 1. The lowest BCUT2D eigenvalue weighted by Crippen LogP contribution is -2.30. The van der Waals surface area contributed by atoms with Crippen molar-refractivity contribution >= 4 is 11.7 Å². The van der Waals surface area contributed by atoms with Gasteiger partial charge in [-0.05, 0) is 38.1 Å². The molecule has 122 valence electrons. The average molecular weight is 317 g/mol. The third-order valence-corrected chi connectivity index (χ3v) is 2.89. The summed E-state index contributed by atoms with van der Waals surface area (Å²) in [5.41, 5.74) is 1.24. The molecule has 5 nitrogen and oxygen atoms in total. The number of pyridine rings is 1. The van der Waals surface area contributed by atoms with Crippen molar-refractivity contribution in [2.45, 2.75) is 26.4 Å². The first-order chi connectivity index (χ1) is 11.0. The number of carbonyl (C=O) groups is 1. The highest BCUT2D eigenvalue weighted by Gasteiger charge is 2.04. The zero-order valence-corrected chi connectivity index (χ0v) is 13.2. The minimum atomic E-state index is -0.394. The second kappa shape index (κ2) is 8.12. The van der Waals surface area contributed by atoms with Crippen LogP contribution in [0.25, 0.3) is 0 Å². The van der Waals surface area contributed by atoms with Gasteiger partial charge in [0.25, 0.3) is 0 Å². The van der Waals surface area contributed by atoms with Crippen molar-refractivity contribution < 1.29 is 13.9 Å². The molecular weight excluding hydrogens is 297 g/mol. The molecule has 2 N–H and O–H groups in total. The van der Waals surface area contributed by atoms with Gasteiger partial charge in [-0.1, -0.05) is 12.1 Å².